The zero-order valence-corrected chi connectivity index (χ0v) is 19.6. The summed E-state index contributed by atoms with van der Waals surface area (Å²) in [6, 6.07) is 11.0. The first-order valence-corrected chi connectivity index (χ1v) is 11.6. The number of ether oxygens (including phenoxy) is 4. The van der Waals surface area contributed by atoms with Gasteiger partial charge in [-0.05, 0) is 72.6 Å². The summed E-state index contributed by atoms with van der Waals surface area (Å²) in [5.74, 6) is 4.50. The Balaban J connectivity index is 1.66. The molecule has 7 heteroatoms. The van der Waals surface area contributed by atoms with Gasteiger partial charge in [0.25, 0.3) is 0 Å². The van der Waals surface area contributed by atoms with E-state index >= 15 is 0 Å². The molecule has 0 radical (unpaired) electrons. The number of methoxy groups -OCH3 is 4. The van der Waals surface area contributed by atoms with Gasteiger partial charge in [0.2, 0.25) is 0 Å². The quantitative estimate of drug-likeness (QED) is 0.401. The zero-order chi connectivity index (χ0) is 22.6. The van der Waals surface area contributed by atoms with Gasteiger partial charge in [-0.1, -0.05) is 12.1 Å². The molecule has 2 aromatic carbocycles. The Morgan fingerprint density at radius 1 is 0.645 bits per heavy atom. The highest BCUT2D eigenvalue weighted by atomic mass is 32.2. The lowest BCUT2D eigenvalue weighted by Crippen LogP contribution is -2.01. The van der Waals surface area contributed by atoms with Crippen LogP contribution in [-0.2, 0) is 0 Å². The lowest BCUT2D eigenvalue weighted by atomic mass is 10.0. The average molecular weight is 451 g/mol. The molecule has 0 bridgehead atoms. The molecule has 0 aromatic heterocycles. The van der Waals surface area contributed by atoms with E-state index in [1.165, 1.54) is 0 Å². The molecule has 2 aromatic rings. The number of hydrogen-bond donors (Lipinski definition) is 2. The molecule has 2 rings (SSSR count). The molecule has 2 atom stereocenters. The van der Waals surface area contributed by atoms with Crippen LogP contribution in [0.1, 0.15) is 49.0 Å². The molecule has 172 valence electrons. The first-order chi connectivity index (χ1) is 15.0. The monoisotopic (exact) mass is 450 g/mol. The highest BCUT2D eigenvalue weighted by Crippen LogP contribution is 2.32. The van der Waals surface area contributed by atoms with Crippen LogP contribution in [0.3, 0.4) is 0 Å². The third-order valence-electron chi connectivity index (χ3n) is 5.12. The zero-order valence-electron chi connectivity index (χ0n) is 18.8. The average Bonchev–Trinajstić information content (AvgIpc) is 2.81. The van der Waals surface area contributed by atoms with Crippen molar-refractivity contribution in [1.82, 2.24) is 0 Å². The number of thioether (sulfide) groups is 1. The second kappa shape index (κ2) is 13.3. The Bertz CT molecular complexity index is 732. The summed E-state index contributed by atoms with van der Waals surface area (Å²) >= 11 is 1.84. The summed E-state index contributed by atoms with van der Waals surface area (Å²) < 4.78 is 21.1. The first kappa shape index (κ1) is 25.2. The Labute approximate surface area is 189 Å². The van der Waals surface area contributed by atoms with Gasteiger partial charge < -0.3 is 29.2 Å². The summed E-state index contributed by atoms with van der Waals surface area (Å²) in [7, 11) is 6.37. The Kier molecular flexibility index (Phi) is 10.8. The predicted molar refractivity (Wildman–Crippen MR) is 125 cm³/mol. The second-order valence-electron chi connectivity index (χ2n) is 7.16. The van der Waals surface area contributed by atoms with Crippen molar-refractivity contribution in [3.63, 3.8) is 0 Å². The van der Waals surface area contributed by atoms with Crippen LogP contribution in [0, 0.1) is 0 Å². The van der Waals surface area contributed by atoms with Crippen molar-refractivity contribution in [2.75, 3.05) is 39.9 Å². The van der Waals surface area contributed by atoms with Crippen LogP contribution in [0.25, 0.3) is 0 Å². The van der Waals surface area contributed by atoms with Crippen molar-refractivity contribution in [2.45, 2.75) is 37.9 Å². The van der Waals surface area contributed by atoms with Crippen LogP contribution in [0.5, 0.6) is 23.0 Å². The highest BCUT2D eigenvalue weighted by Gasteiger charge is 2.13. The molecule has 2 unspecified atom stereocenters. The Morgan fingerprint density at radius 2 is 1.03 bits per heavy atom. The van der Waals surface area contributed by atoms with E-state index in [-0.39, 0.29) is 0 Å². The lowest BCUT2D eigenvalue weighted by Gasteiger charge is -2.15. The molecule has 0 aliphatic heterocycles. The summed E-state index contributed by atoms with van der Waals surface area (Å²) in [5, 5.41) is 20.9. The summed E-state index contributed by atoms with van der Waals surface area (Å²) in [6.45, 7) is 0. The van der Waals surface area contributed by atoms with Crippen LogP contribution >= 0.6 is 11.8 Å². The van der Waals surface area contributed by atoms with E-state index in [1.54, 1.807) is 28.4 Å². The molecule has 0 saturated carbocycles. The van der Waals surface area contributed by atoms with E-state index in [9.17, 15) is 10.2 Å². The largest absolute Gasteiger partial charge is 0.493 e. The molecule has 2 N–H and O–H groups in total. The van der Waals surface area contributed by atoms with E-state index in [0.717, 1.165) is 35.5 Å². The predicted octanol–water partition coefficient (Wildman–Crippen LogP) is 4.78. The van der Waals surface area contributed by atoms with Crippen molar-refractivity contribution in [2.24, 2.45) is 0 Å². The van der Waals surface area contributed by atoms with E-state index in [1.807, 2.05) is 48.2 Å². The van der Waals surface area contributed by atoms with Gasteiger partial charge in [-0.2, -0.15) is 11.8 Å². The van der Waals surface area contributed by atoms with Gasteiger partial charge in [-0.15, -0.1) is 0 Å². The summed E-state index contributed by atoms with van der Waals surface area (Å²) in [5.41, 5.74) is 1.67. The smallest absolute Gasteiger partial charge is 0.161 e. The first-order valence-electron chi connectivity index (χ1n) is 10.4. The van der Waals surface area contributed by atoms with Gasteiger partial charge >= 0.3 is 0 Å². The normalized spacial score (nSPS) is 12.8. The SMILES string of the molecule is COc1ccc(C(O)CCCSCCCC(O)c2ccc(OC)c(OC)c2)cc1OC. The van der Waals surface area contributed by atoms with Gasteiger partial charge in [-0.25, -0.2) is 0 Å². The molecule has 0 aliphatic rings. The summed E-state index contributed by atoms with van der Waals surface area (Å²) in [6.07, 6.45) is 2.17. The molecular weight excluding hydrogens is 416 g/mol. The summed E-state index contributed by atoms with van der Waals surface area (Å²) in [4.78, 5) is 0. The maximum Gasteiger partial charge on any atom is 0.161 e. The number of rotatable bonds is 14. The van der Waals surface area contributed by atoms with Crippen molar-refractivity contribution in [1.29, 1.82) is 0 Å². The van der Waals surface area contributed by atoms with Crippen LogP contribution in [0.2, 0.25) is 0 Å². The molecular formula is C24H34O6S. The molecule has 0 spiro atoms. The molecule has 0 aliphatic carbocycles. The third kappa shape index (κ3) is 7.52. The Morgan fingerprint density at radius 3 is 1.39 bits per heavy atom. The van der Waals surface area contributed by atoms with E-state index in [4.69, 9.17) is 18.9 Å². The van der Waals surface area contributed by atoms with Crippen LogP contribution in [0.15, 0.2) is 36.4 Å². The van der Waals surface area contributed by atoms with E-state index < -0.39 is 12.2 Å². The number of aliphatic hydroxyl groups excluding tert-OH is 2. The fraction of sp³-hybridized carbons (Fsp3) is 0.500. The minimum atomic E-state index is -0.521. The Hall–Kier alpha value is -2.09. The number of benzene rings is 2. The molecule has 31 heavy (non-hydrogen) atoms. The maximum atomic E-state index is 10.4. The topological polar surface area (TPSA) is 77.4 Å². The van der Waals surface area contributed by atoms with E-state index in [0.29, 0.717) is 35.8 Å². The van der Waals surface area contributed by atoms with Crippen LogP contribution in [-0.4, -0.2) is 50.2 Å². The van der Waals surface area contributed by atoms with Gasteiger partial charge in [0.15, 0.2) is 23.0 Å². The van der Waals surface area contributed by atoms with Crippen LogP contribution < -0.4 is 18.9 Å². The van der Waals surface area contributed by atoms with E-state index in [2.05, 4.69) is 0 Å². The van der Waals surface area contributed by atoms with Crippen molar-refractivity contribution in [3.8, 4) is 23.0 Å². The molecule has 6 nitrogen and oxygen atoms in total. The third-order valence-corrected chi connectivity index (χ3v) is 6.27. The highest BCUT2D eigenvalue weighted by molar-refractivity contribution is 7.99. The van der Waals surface area contributed by atoms with Gasteiger partial charge in [-0.3, -0.25) is 0 Å². The van der Waals surface area contributed by atoms with Crippen LogP contribution in [0.4, 0.5) is 0 Å². The standard InChI is InChI=1S/C24H34O6S/c1-27-21-11-9-17(15-23(21)29-3)19(25)7-5-13-31-14-6-8-20(26)18-10-12-22(28-2)24(16-18)30-4/h9-12,15-16,19-20,25-26H,5-8,13-14H2,1-4H3. The minimum Gasteiger partial charge on any atom is -0.493 e. The van der Waals surface area contributed by atoms with Gasteiger partial charge in [0, 0.05) is 0 Å². The van der Waals surface area contributed by atoms with Crippen molar-refractivity contribution < 1.29 is 29.2 Å². The molecule has 0 amide bonds. The molecule has 0 fully saturated rings. The number of hydrogen-bond acceptors (Lipinski definition) is 7. The maximum absolute atomic E-state index is 10.4. The van der Waals surface area contributed by atoms with Crippen molar-refractivity contribution in [3.05, 3.63) is 47.5 Å². The number of aliphatic hydroxyl groups is 2. The molecule has 0 saturated heterocycles. The fourth-order valence-corrected chi connectivity index (χ4v) is 4.26. The second-order valence-corrected chi connectivity index (χ2v) is 8.38. The van der Waals surface area contributed by atoms with Gasteiger partial charge in [0.1, 0.15) is 0 Å². The fourth-order valence-electron chi connectivity index (χ4n) is 3.31. The van der Waals surface area contributed by atoms with Gasteiger partial charge in [0.05, 0.1) is 40.6 Å². The van der Waals surface area contributed by atoms with Crippen molar-refractivity contribution >= 4 is 11.8 Å². The molecule has 0 heterocycles. The minimum absolute atomic E-state index is 0.521. The lowest BCUT2D eigenvalue weighted by molar-refractivity contribution is 0.166.